The van der Waals surface area contributed by atoms with E-state index in [1.54, 1.807) is 24.3 Å². The number of nitrogens with zero attached hydrogens (tertiary/aromatic N) is 1. The van der Waals surface area contributed by atoms with Crippen molar-refractivity contribution in [1.82, 2.24) is 0 Å². The van der Waals surface area contributed by atoms with E-state index < -0.39 is 0 Å². The summed E-state index contributed by atoms with van der Waals surface area (Å²) in [6.07, 6.45) is 0. The third kappa shape index (κ3) is 3.21. The van der Waals surface area contributed by atoms with E-state index in [4.69, 9.17) is 9.84 Å². The lowest BCUT2D eigenvalue weighted by molar-refractivity contribution is 0.201. The minimum Gasteiger partial charge on any atom is -0.491 e. The Bertz CT molecular complexity index is 275. The van der Waals surface area contributed by atoms with E-state index in [-0.39, 0.29) is 19.8 Å². The number of ether oxygens (including phenoxy) is 1. The molecule has 1 aromatic rings. The van der Waals surface area contributed by atoms with Crippen molar-refractivity contribution in [2.75, 3.05) is 13.2 Å². The molecule has 0 amide bonds. The zero-order valence-corrected chi connectivity index (χ0v) is 7.14. The predicted octanol–water partition coefficient (Wildman–Crippen LogP) is 1.32. The van der Waals surface area contributed by atoms with Gasteiger partial charge < -0.3 is 9.84 Å². The number of aliphatic hydroxyl groups excluding tert-OH is 1. The van der Waals surface area contributed by atoms with Gasteiger partial charge in [0, 0.05) is 0 Å². The summed E-state index contributed by atoms with van der Waals surface area (Å²) in [7, 11) is 0. The molecule has 1 rings (SSSR count). The molecule has 0 aromatic heterocycles. The Kier molecular flexibility index (Phi) is 3.92. The van der Waals surface area contributed by atoms with Crippen LogP contribution in [0.25, 0.3) is 0 Å². The number of hydrogen-bond acceptors (Lipinski definition) is 4. The van der Waals surface area contributed by atoms with Gasteiger partial charge in [0.05, 0.1) is 6.61 Å². The van der Waals surface area contributed by atoms with Crippen molar-refractivity contribution in [3.63, 3.8) is 0 Å². The summed E-state index contributed by atoms with van der Waals surface area (Å²) in [6.45, 7) is 0.393. The zero-order chi connectivity index (χ0) is 9.52. The quantitative estimate of drug-likeness (QED) is 0.697. The first-order valence-corrected chi connectivity index (χ1v) is 3.98. The van der Waals surface area contributed by atoms with Gasteiger partial charge in [-0.2, -0.15) is 4.91 Å². The fraction of sp³-hybridized carbons (Fsp3) is 0.333. The number of rotatable bonds is 5. The average molecular weight is 181 g/mol. The lowest BCUT2D eigenvalue weighted by atomic mass is 10.2. The van der Waals surface area contributed by atoms with Crippen molar-refractivity contribution in [3.8, 4) is 5.75 Å². The molecule has 0 fully saturated rings. The largest absolute Gasteiger partial charge is 0.491 e. The minimum atomic E-state index is -0.0177. The van der Waals surface area contributed by atoms with Gasteiger partial charge in [0.15, 0.2) is 0 Å². The van der Waals surface area contributed by atoms with Crippen molar-refractivity contribution >= 4 is 0 Å². The standard InChI is InChI=1S/C9H11NO3/c11-4-5-13-9-3-1-2-8(6-9)7-10-12/h1-3,6,11H,4-5,7H2. The summed E-state index contributed by atoms with van der Waals surface area (Å²) >= 11 is 0. The van der Waals surface area contributed by atoms with E-state index in [1.807, 2.05) is 0 Å². The van der Waals surface area contributed by atoms with Gasteiger partial charge in [-0.05, 0) is 17.7 Å². The highest BCUT2D eigenvalue weighted by atomic mass is 16.5. The third-order valence-corrected chi connectivity index (χ3v) is 1.51. The molecule has 13 heavy (non-hydrogen) atoms. The molecule has 0 saturated carbocycles. The smallest absolute Gasteiger partial charge is 0.119 e. The Hall–Kier alpha value is -1.42. The molecule has 0 aliphatic carbocycles. The van der Waals surface area contributed by atoms with E-state index >= 15 is 0 Å². The monoisotopic (exact) mass is 181 g/mol. The fourth-order valence-corrected chi connectivity index (χ4v) is 0.972. The van der Waals surface area contributed by atoms with Gasteiger partial charge in [-0.15, -0.1) is 0 Å². The maximum atomic E-state index is 9.97. The number of nitroso groups, excluding NO2 is 1. The van der Waals surface area contributed by atoms with E-state index in [1.165, 1.54) is 0 Å². The summed E-state index contributed by atoms with van der Waals surface area (Å²) in [4.78, 5) is 9.97. The summed E-state index contributed by atoms with van der Waals surface area (Å²) in [5.74, 6) is 0.648. The molecule has 1 aromatic carbocycles. The second-order valence-corrected chi connectivity index (χ2v) is 2.51. The molecular formula is C9H11NO3. The van der Waals surface area contributed by atoms with Gasteiger partial charge in [-0.3, -0.25) is 0 Å². The topological polar surface area (TPSA) is 58.9 Å². The van der Waals surface area contributed by atoms with Crippen LogP contribution in [0.1, 0.15) is 5.56 Å². The molecule has 0 unspecified atom stereocenters. The first kappa shape index (κ1) is 9.67. The van der Waals surface area contributed by atoms with Crippen LogP contribution < -0.4 is 4.74 Å². The second-order valence-electron chi connectivity index (χ2n) is 2.51. The Morgan fingerprint density at radius 1 is 1.46 bits per heavy atom. The summed E-state index contributed by atoms with van der Waals surface area (Å²) in [5, 5.41) is 11.3. The van der Waals surface area contributed by atoms with Crippen LogP contribution in [-0.2, 0) is 6.54 Å². The molecule has 0 spiro atoms. The second kappa shape index (κ2) is 5.27. The van der Waals surface area contributed by atoms with Crippen LogP contribution in [-0.4, -0.2) is 18.3 Å². The maximum absolute atomic E-state index is 9.97. The predicted molar refractivity (Wildman–Crippen MR) is 48.5 cm³/mol. The first-order chi connectivity index (χ1) is 6.36. The summed E-state index contributed by atoms with van der Waals surface area (Å²) in [5.41, 5.74) is 0.811. The van der Waals surface area contributed by atoms with E-state index in [0.717, 1.165) is 5.56 Å². The normalized spacial score (nSPS) is 9.62. The van der Waals surface area contributed by atoms with Crippen molar-refractivity contribution in [2.24, 2.45) is 5.18 Å². The Morgan fingerprint density at radius 3 is 3.00 bits per heavy atom. The SMILES string of the molecule is O=NCc1cccc(OCCO)c1. The Morgan fingerprint density at radius 2 is 2.31 bits per heavy atom. The average Bonchev–Trinajstić information content (AvgIpc) is 2.16. The summed E-state index contributed by atoms with van der Waals surface area (Å²) in [6, 6.07) is 7.08. The molecule has 70 valence electrons. The van der Waals surface area contributed by atoms with Gasteiger partial charge in [0.2, 0.25) is 0 Å². The molecule has 4 nitrogen and oxygen atoms in total. The Balaban J connectivity index is 2.61. The highest BCUT2D eigenvalue weighted by Crippen LogP contribution is 2.13. The molecule has 0 radical (unpaired) electrons. The first-order valence-electron chi connectivity index (χ1n) is 3.98. The van der Waals surface area contributed by atoms with Gasteiger partial charge in [-0.1, -0.05) is 17.3 Å². The highest BCUT2D eigenvalue weighted by Gasteiger charge is 1.95. The lowest BCUT2D eigenvalue weighted by Gasteiger charge is -2.04. The van der Waals surface area contributed by atoms with Crippen molar-refractivity contribution < 1.29 is 9.84 Å². The highest BCUT2D eigenvalue weighted by molar-refractivity contribution is 5.28. The van der Waals surface area contributed by atoms with Crippen LogP contribution in [0.4, 0.5) is 0 Å². The van der Waals surface area contributed by atoms with E-state index in [2.05, 4.69) is 5.18 Å². The van der Waals surface area contributed by atoms with Crippen LogP contribution in [0.3, 0.4) is 0 Å². The molecule has 0 heterocycles. The molecule has 0 bridgehead atoms. The zero-order valence-electron chi connectivity index (χ0n) is 7.14. The third-order valence-electron chi connectivity index (χ3n) is 1.51. The summed E-state index contributed by atoms with van der Waals surface area (Å²) < 4.78 is 5.15. The van der Waals surface area contributed by atoms with Crippen molar-refractivity contribution in [1.29, 1.82) is 0 Å². The Labute approximate surface area is 76.1 Å². The number of hydrogen-bond donors (Lipinski definition) is 1. The van der Waals surface area contributed by atoms with Crippen LogP contribution in [0.5, 0.6) is 5.75 Å². The molecule has 0 aliphatic heterocycles. The van der Waals surface area contributed by atoms with Crippen LogP contribution in [0, 0.1) is 4.91 Å². The van der Waals surface area contributed by atoms with Crippen LogP contribution in [0.2, 0.25) is 0 Å². The molecule has 0 saturated heterocycles. The number of benzene rings is 1. The van der Waals surface area contributed by atoms with Gasteiger partial charge >= 0.3 is 0 Å². The maximum Gasteiger partial charge on any atom is 0.119 e. The van der Waals surface area contributed by atoms with Crippen LogP contribution in [0.15, 0.2) is 29.4 Å². The molecule has 1 N–H and O–H groups in total. The van der Waals surface area contributed by atoms with E-state index in [9.17, 15) is 4.91 Å². The molecular weight excluding hydrogens is 170 g/mol. The number of aliphatic hydroxyl groups is 1. The molecule has 0 atom stereocenters. The van der Waals surface area contributed by atoms with Gasteiger partial charge in [-0.25, -0.2) is 0 Å². The lowest BCUT2D eigenvalue weighted by Crippen LogP contribution is -2.01. The fourth-order valence-electron chi connectivity index (χ4n) is 0.972. The van der Waals surface area contributed by atoms with Gasteiger partial charge in [0.1, 0.15) is 18.9 Å². The van der Waals surface area contributed by atoms with Crippen LogP contribution >= 0.6 is 0 Å². The molecule has 4 heteroatoms. The van der Waals surface area contributed by atoms with Crippen molar-refractivity contribution in [3.05, 3.63) is 34.7 Å². The van der Waals surface area contributed by atoms with Gasteiger partial charge in [0.25, 0.3) is 0 Å². The minimum absolute atomic E-state index is 0.0177. The molecule has 0 aliphatic rings. The van der Waals surface area contributed by atoms with E-state index in [0.29, 0.717) is 5.75 Å². The van der Waals surface area contributed by atoms with Crippen molar-refractivity contribution in [2.45, 2.75) is 6.54 Å².